The second kappa shape index (κ2) is 7.47. The summed E-state index contributed by atoms with van der Waals surface area (Å²) in [7, 11) is 0. The van der Waals surface area contributed by atoms with Crippen molar-refractivity contribution in [3.05, 3.63) is 35.4 Å². The lowest BCUT2D eigenvalue weighted by atomic mass is 9.91. The maximum Gasteiger partial charge on any atom is 0.126 e. The largest absolute Gasteiger partial charge is 0.317 e. The molecular weight excluding hydrogens is 232 g/mol. The van der Waals surface area contributed by atoms with E-state index in [4.69, 9.17) is 0 Å². The van der Waals surface area contributed by atoms with Crippen molar-refractivity contribution < 1.29 is 8.78 Å². The van der Waals surface area contributed by atoms with Crippen molar-refractivity contribution in [1.82, 2.24) is 5.32 Å². The number of hydrogen-bond acceptors (Lipinski definition) is 1. The normalized spacial score (nSPS) is 13.0. The van der Waals surface area contributed by atoms with E-state index in [0.717, 1.165) is 37.6 Å². The monoisotopic (exact) mass is 255 g/mol. The van der Waals surface area contributed by atoms with Crippen LogP contribution >= 0.6 is 0 Å². The van der Waals surface area contributed by atoms with Crippen molar-refractivity contribution in [3.63, 3.8) is 0 Å². The van der Waals surface area contributed by atoms with Gasteiger partial charge in [-0.2, -0.15) is 0 Å². The molecule has 1 nitrogen and oxygen atoms in total. The highest BCUT2D eigenvalue weighted by Crippen LogP contribution is 2.18. The van der Waals surface area contributed by atoms with Crippen LogP contribution in [-0.4, -0.2) is 13.1 Å². The fourth-order valence-electron chi connectivity index (χ4n) is 2.32. The Bertz CT molecular complexity index is 343. The van der Waals surface area contributed by atoms with E-state index < -0.39 is 11.6 Å². The van der Waals surface area contributed by atoms with Gasteiger partial charge in [0.15, 0.2) is 0 Å². The molecule has 0 saturated heterocycles. The van der Waals surface area contributed by atoms with Gasteiger partial charge in [0, 0.05) is 6.07 Å². The maximum absolute atomic E-state index is 13.1. The molecular formula is C15H23F2N. The molecule has 1 unspecified atom stereocenters. The van der Waals surface area contributed by atoms with E-state index in [1.807, 2.05) is 0 Å². The van der Waals surface area contributed by atoms with Gasteiger partial charge in [-0.3, -0.25) is 0 Å². The molecule has 1 aromatic rings. The third kappa shape index (κ3) is 5.58. The molecule has 1 rings (SSSR count). The van der Waals surface area contributed by atoms with Gasteiger partial charge in [0.2, 0.25) is 0 Å². The summed E-state index contributed by atoms with van der Waals surface area (Å²) in [6.45, 7) is 8.23. The van der Waals surface area contributed by atoms with Crippen LogP contribution < -0.4 is 5.32 Å². The van der Waals surface area contributed by atoms with Crippen molar-refractivity contribution in [2.75, 3.05) is 13.1 Å². The Kier molecular flexibility index (Phi) is 6.27. The smallest absolute Gasteiger partial charge is 0.126 e. The Morgan fingerprint density at radius 1 is 1.11 bits per heavy atom. The molecule has 0 aromatic heterocycles. The molecule has 1 atom stereocenters. The molecule has 0 fully saturated rings. The van der Waals surface area contributed by atoms with Crippen LogP contribution in [0.4, 0.5) is 8.78 Å². The summed E-state index contributed by atoms with van der Waals surface area (Å²) < 4.78 is 26.3. The van der Waals surface area contributed by atoms with Gasteiger partial charge in [0.05, 0.1) is 0 Å². The van der Waals surface area contributed by atoms with Crippen LogP contribution in [-0.2, 0) is 6.42 Å². The standard InChI is InChI=1S/C15H23F2N/c1-4-18-10-13(5-11(2)3)6-12-7-14(16)9-15(17)8-12/h7-9,11,13,18H,4-6,10H2,1-3H3. The van der Waals surface area contributed by atoms with E-state index in [2.05, 4.69) is 26.1 Å². The van der Waals surface area contributed by atoms with Crippen molar-refractivity contribution in [3.8, 4) is 0 Å². The summed E-state index contributed by atoms with van der Waals surface area (Å²) >= 11 is 0. The first kappa shape index (κ1) is 15.1. The summed E-state index contributed by atoms with van der Waals surface area (Å²) in [5.74, 6) is 0.0340. The zero-order valence-electron chi connectivity index (χ0n) is 11.5. The third-order valence-electron chi connectivity index (χ3n) is 2.93. The fraction of sp³-hybridized carbons (Fsp3) is 0.600. The van der Waals surface area contributed by atoms with Crippen molar-refractivity contribution in [2.24, 2.45) is 11.8 Å². The minimum atomic E-state index is -0.489. The summed E-state index contributed by atoms with van der Waals surface area (Å²) in [4.78, 5) is 0. The maximum atomic E-state index is 13.1. The van der Waals surface area contributed by atoms with Gasteiger partial charge in [0.25, 0.3) is 0 Å². The molecule has 0 aliphatic rings. The highest BCUT2D eigenvalue weighted by atomic mass is 19.1. The molecule has 102 valence electrons. The third-order valence-corrected chi connectivity index (χ3v) is 2.93. The van der Waals surface area contributed by atoms with E-state index in [9.17, 15) is 8.78 Å². The number of rotatable bonds is 7. The molecule has 18 heavy (non-hydrogen) atoms. The molecule has 0 bridgehead atoms. The van der Waals surface area contributed by atoms with Crippen molar-refractivity contribution in [1.29, 1.82) is 0 Å². The molecule has 3 heteroatoms. The molecule has 1 aromatic carbocycles. The summed E-state index contributed by atoms with van der Waals surface area (Å²) in [5.41, 5.74) is 0.746. The van der Waals surface area contributed by atoms with Crippen LogP contribution in [0.5, 0.6) is 0 Å². The first-order valence-electron chi connectivity index (χ1n) is 6.67. The Morgan fingerprint density at radius 3 is 2.22 bits per heavy atom. The molecule has 0 amide bonds. The highest BCUT2D eigenvalue weighted by Gasteiger charge is 2.12. The van der Waals surface area contributed by atoms with Gasteiger partial charge in [-0.05, 0) is 55.5 Å². The number of halogens is 2. The average molecular weight is 255 g/mol. The topological polar surface area (TPSA) is 12.0 Å². The van der Waals surface area contributed by atoms with Gasteiger partial charge in [0.1, 0.15) is 11.6 Å². The van der Waals surface area contributed by atoms with Gasteiger partial charge >= 0.3 is 0 Å². The van der Waals surface area contributed by atoms with Crippen LogP contribution in [0.25, 0.3) is 0 Å². The van der Waals surface area contributed by atoms with Crippen LogP contribution in [0.2, 0.25) is 0 Å². The van der Waals surface area contributed by atoms with Crippen molar-refractivity contribution >= 4 is 0 Å². The van der Waals surface area contributed by atoms with Gasteiger partial charge in [-0.1, -0.05) is 20.8 Å². The first-order chi connectivity index (χ1) is 8.51. The average Bonchev–Trinajstić information content (AvgIpc) is 2.23. The predicted molar refractivity (Wildman–Crippen MR) is 71.6 cm³/mol. The van der Waals surface area contributed by atoms with E-state index >= 15 is 0 Å². The van der Waals surface area contributed by atoms with Crippen molar-refractivity contribution in [2.45, 2.75) is 33.6 Å². The van der Waals surface area contributed by atoms with Gasteiger partial charge in [-0.15, -0.1) is 0 Å². The molecule has 0 aliphatic heterocycles. The summed E-state index contributed by atoms with van der Waals surface area (Å²) in [6, 6.07) is 3.79. The quantitative estimate of drug-likeness (QED) is 0.782. The zero-order chi connectivity index (χ0) is 13.5. The SMILES string of the molecule is CCNCC(Cc1cc(F)cc(F)c1)CC(C)C. The molecule has 0 heterocycles. The van der Waals surface area contributed by atoms with Crippen LogP contribution in [0.15, 0.2) is 18.2 Å². The number of nitrogens with one attached hydrogen (secondary N) is 1. The molecule has 1 N–H and O–H groups in total. The molecule has 0 aliphatic carbocycles. The summed E-state index contributed by atoms with van der Waals surface area (Å²) in [5, 5.41) is 3.32. The Labute approximate surface area is 109 Å². The van der Waals surface area contributed by atoms with E-state index in [0.29, 0.717) is 11.8 Å². The minimum Gasteiger partial charge on any atom is -0.317 e. The lowest BCUT2D eigenvalue weighted by Gasteiger charge is -2.19. The Balaban J connectivity index is 2.68. The predicted octanol–water partition coefficient (Wildman–Crippen LogP) is 3.78. The van der Waals surface area contributed by atoms with Gasteiger partial charge < -0.3 is 5.32 Å². The fourth-order valence-corrected chi connectivity index (χ4v) is 2.32. The second-order valence-corrected chi connectivity index (χ2v) is 5.29. The Hall–Kier alpha value is -0.960. The zero-order valence-corrected chi connectivity index (χ0v) is 11.5. The molecule has 0 radical (unpaired) electrons. The number of hydrogen-bond donors (Lipinski definition) is 1. The van der Waals surface area contributed by atoms with Crippen LogP contribution in [0.1, 0.15) is 32.8 Å². The molecule has 0 saturated carbocycles. The van der Waals surface area contributed by atoms with Crippen LogP contribution in [0.3, 0.4) is 0 Å². The lowest BCUT2D eigenvalue weighted by molar-refractivity contribution is 0.387. The highest BCUT2D eigenvalue weighted by molar-refractivity contribution is 5.18. The summed E-state index contributed by atoms with van der Waals surface area (Å²) in [6.07, 6.45) is 1.78. The van der Waals surface area contributed by atoms with E-state index in [1.165, 1.54) is 12.1 Å². The Morgan fingerprint density at radius 2 is 1.72 bits per heavy atom. The minimum absolute atomic E-state index is 0.422. The number of benzene rings is 1. The van der Waals surface area contributed by atoms with Crippen LogP contribution in [0, 0.1) is 23.5 Å². The second-order valence-electron chi connectivity index (χ2n) is 5.29. The lowest BCUT2D eigenvalue weighted by Crippen LogP contribution is -2.25. The van der Waals surface area contributed by atoms with E-state index in [1.54, 1.807) is 0 Å². The van der Waals surface area contributed by atoms with Gasteiger partial charge in [-0.25, -0.2) is 8.78 Å². The molecule has 0 spiro atoms. The van der Waals surface area contributed by atoms with E-state index in [-0.39, 0.29) is 0 Å². The first-order valence-corrected chi connectivity index (χ1v) is 6.67.